The molecule has 1 aromatic carbocycles. The zero-order valence-electron chi connectivity index (χ0n) is 15.1. The third-order valence-corrected chi connectivity index (χ3v) is 8.93. The highest BCUT2D eigenvalue weighted by molar-refractivity contribution is 14.1. The topological polar surface area (TPSA) is 103 Å². The molecule has 27 heavy (non-hydrogen) atoms. The second kappa shape index (κ2) is 8.14. The van der Waals surface area contributed by atoms with Gasteiger partial charge in [0, 0.05) is 14.7 Å². The summed E-state index contributed by atoms with van der Waals surface area (Å²) in [6.45, 7) is 0. The summed E-state index contributed by atoms with van der Waals surface area (Å²) in [5, 5.41) is -0.506. The number of rotatable bonds is 4. The molecule has 0 radical (unpaired) electrons. The molecule has 7 heteroatoms. The Morgan fingerprint density at radius 2 is 1.67 bits per heavy atom. The number of sulfone groups is 1. The molecule has 3 rings (SSSR count). The molecular formula is C20H25IN2O3S. The highest BCUT2D eigenvalue weighted by Crippen LogP contribution is 2.34. The molecule has 0 heterocycles. The van der Waals surface area contributed by atoms with Crippen LogP contribution >= 0.6 is 22.6 Å². The number of benzene rings is 1. The summed E-state index contributed by atoms with van der Waals surface area (Å²) in [7, 11) is -3.74. The van der Waals surface area contributed by atoms with Gasteiger partial charge in [-0.15, -0.1) is 0 Å². The lowest BCUT2D eigenvalue weighted by Crippen LogP contribution is -2.62. The molecule has 0 bridgehead atoms. The molecule has 2 atom stereocenters. The second-order valence-corrected chi connectivity index (χ2v) is 11.0. The molecule has 0 aliphatic heterocycles. The fourth-order valence-electron chi connectivity index (χ4n) is 3.77. The Labute approximate surface area is 174 Å². The van der Waals surface area contributed by atoms with Gasteiger partial charge in [-0.2, -0.15) is 0 Å². The van der Waals surface area contributed by atoms with Crippen molar-refractivity contribution in [2.24, 2.45) is 11.5 Å². The fraction of sp³-hybridized carbons (Fsp3) is 0.450. The van der Waals surface area contributed by atoms with Crippen molar-refractivity contribution in [3.05, 3.63) is 57.2 Å². The predicted octanol–water partition coefficient (Wildman–Crippen LogP) is 3.09. The SMILES string of the molecule is NC1C=CC(C(=O)c2ccc(I)cc2)=CC1(N)S(=O)(=O)C1CCCCCC1. The average molecular weight is 500 g/mol. The summed E-state index contributed by atoms with van der Waals surface area (Å²) in [4.78, 5) is 11.1. The lowest BCUT2D eigenvalue weighted by Gasteiger charge is -2.36. The van der Waals surface area contributed by atoms with E-state index in [-0.39, 0.29) is 11.4 Å². The maximum absolute atomic E-state index is 13.4. The lowest BCUT2D eigenvalue weighted by molar-refractivity contribution is 0.103. The number of halogens is 1. The Morgan fingerprint density at radius 3 is 2.26 bits per heavy atom. The van der Waals surface area contributed by atoms with Crippen molar-refractivity contribution < 1.29 is 13.2 Å². The Bertz CT molecular complexity index is 869. The first-order chi connectivity index (χ1) is 12.8. The van der Waals surface area contributed by atoms with Gasteiger partial charge in [0.25, 0.3) is 0 Å². The molecule has 2 aliphatic rings. The minimum absolute atomic E-state index is 0.250. The summed E-state index contributed by atoms with van der Waals surface area (Å²) in [6.07, 6.45) is 9.54. The van der Waals surface area contributed by atoms with Crippen molar-refractivity contribution in [1.82, 2.24) is 0 Å². The van der Waals surface area contributed by atoms with Crippen LogP contribution in [0, 0.1) is 3.57 Å². The molecule has 0 spiro atoms. The van der Waals surface area contributed by atoms with E-state index in [1.807, 2.05) is 12.1 Å². The van der Waals surface area contributed by atoms with Crippen LogP contribution in [0.25, 0.3) is 0 Å². The van der Waals surface area contributed by atoms with Crippen LogP contribution in [0.2, 0.25) is 0 Å². The van der Waals surface area contributed by atoms with E-state index in [2.05, 4.69) is 22.6 Å². The van der Waals surface area contributed by atoms with Gasteiger partial charge in [-0.05, 0) is 65.8 Å². The molecule has 1 fully saturated rings. The number of allylic oxidation sites excluding steroid dienone is 2. The molecule has 0 saturated heterocycles. The molecule has 4 N–H and O–H groups in total. The molecule has 2 aliphatic carbocycles. The Kier molecular flexibility index (Phi) is 6.24. The third kappa shape index (κ3) is 4.06. The molecule has 146 valence electrons. The van der Waals surface area contributed by atoms with Gasteiger partial charge < -0.3 is 11.5 Å². The van der Waals surface area contributed by atoms with E-state index in [0.717, 1.165) is 29.3 Å². The van der Waals surface area contributed by atoms with Gasteiger partial charge in [-0.3, -0.25) is 4.79 Å². The standard InChI is InChI=1S/C20H25IN2O3S/c21-16-10-7-14(8-11-16)19(24)15-9-12-18(22)20(23,13-15)27(25,26)17-5-3-1-2-4-6-17/h7-13,17-18H,1-6,22-23H2. The monoisotopic (exact) mass is 500 g/mol. The third-order valence-electron chi connectivity index (χ3n) is 5.49. The molecule has 0 amide bonds. The van der Waals surface area contributed by atoms with Crippen LogP contribution in [-0.2, 0) is 9.84 Å². The first kappa shape index (κ1) is 20.7. The summed E-state index contributed by atoms with van der Waals surface area (Å²) in [5.41, 5.74) is 13.3. The van der Waals surface area contributed by atoms with Crippen molar-refractivity contribution >= 4 is 38.2 Å². The van der Waals surface area contributed by atoms with E-state index in [0.29, 0.717) is 18.4 Å². The Balaban J connectivity index is 1.96. The molecule has 2 unspecified atom stereocenters. The van der Waals surface area contributed by atoms with Crippen LogP contribution < -0.4 is 11.5 Å². The van der Waals surface area contributed by atoms with Gasteiger partial charge in [0.15, 0.2) is 20.5 Å². The quantitative estimate of drug-likeness (QED) is 0.376. The van der Waals surface area contributed by atoms with Gasteiger partial charge in [0.2, 0.25) is 0 Å². The zero-order valence-corrected chi connectivity index (χ0v) is 18.1. The van der Waals surface area contributed by atoms with E-state index >= 15 is 0 Å². The van der Waals surface area contributed by atoms with Gasteiger partial charge in [-0.1, -0.05) is 37.8 Å². The number of hydrogen-bond donors (Lipinski definition) is 2. The molecule has 0 aromatic heterocycles. The van der Waals surface area contributed by atoms with Gasteiger partial charge in [0.1, 0.15) is 0 Å². The van der Waals surface area contributed by atoms with Crippen LogP contribution in [0.15, 0.2) is 48.1 Å². The maximum atomic E-state index is 13.4. The van der Waals surface area contributed by atoms with Crippen molar-refractivity contribution in [3.63, 3.8) is 0 Å². The Hall–Kier alpha value is -1.03. The number of hydrogen-bond acceptors (Lipinski definition) is 5. The van der Waals surface area contributed by atoms with E-state index < -0.39 is 26.0 Å². The van der Waals surface area contributed by atoms with Crippen molar-refractivity contribution in [2.45, 2.75) is 54.7 Å². The minimum atomic E-state index is -3.74. The van der Waals surface area contributed by atoms with Crippen molar-refractivity contribution in [1.29, 1.82) is 0 Å². The first-order valence-corrected chi connectivity index (χ1v) is 11.9. The minimum Gasteiger partial charge on any atom is -0.322 e. The van der Waals surface area contributed by atoms with E-state index in [4.69, 9.17) is 11.5 Å². The second-order valence-electron chi connectivity index (χ2n) is 7.33. The van der Waals surface area contributed by atoms with E-state index in [1.165, 1.54) is 12.2 Å². The number of ketones is 1. The highest BCUT2D eigenvalue weighted by atomic mass is 127. The average Bonchev–Trinajstić information content (AvgIpc) is 2.94. The van der Waals surface area contributed by atoms with Gasteiger partial charge in [-0.25, -0.2) is 8.42 Å². The first-order valence-electron chi connectivity index (χ1n) is 9.25. The summed E-state index contributed by atoms with van der Waals surface area (Å²) in [6, 6.07) is 6.25. The molecule has 1 saturated carbocycles. The van der Waals surface area contributed by atoms with Crippen LogP contribution in [0.5, 0.6) is 0 Å². The lowest BCUT2D eigenvalue weighted by atomic mass is 9.93. The largest absolute Gasteiger partial charge is 0.322 e. The summed E-state index contributed by atoms with van der Waals surface area (Å²) in [5.74, 6) is -0.250. The van der Waals surface area contributed by atoms with Crippen LogP contribution in [0.1, 0.15) is 48.9 Å². The molecule has 5 nitrogen and oxygen atoms in total. The summed E-state index contributed by atoms with van der Waals surface area (Å²) < 4.78 is 27.8. The van der Waals surface area contributed by atoms with Gasteiger partial charge >= 0.3 is 0 Å². The van der Waals surface area contributed by atoms with E-state index in [1.54, 1.807) is 18.2 Å². The maximum Gasteiger partial charge on any atom is 0.192 e. The van der Waals surface area contributed by atoms with Crippen LogP contribution in [0.4, 0.5) is 0 Å². The number of nitrogens with two attached hydrogens (primary N) is 2. The Morgan fingerprint density at radius 1 is 1.07 bits per heavy atom. The number of carbonyl (C=O) groups is 1. The van der Waals surface area contributed by atoms with E-state index in [9.17, 15) is 13.2 Å². The van der Waals surface area contributed by atoms with Crippen LogP contribution in [0.3, 0.4) is 0 Å². The zero-order chi connectivity index (χ0) is 19.7. The van der Waals surface area contributed by atoms with Crippen molar-refractivity contribution in [3.8, 4) is 0 Å². The number of carbonyl (C=O) groups excluding carboxylic acids is 1. The number of Topliss-reactive ketones (excluding diaryl/α,β-unsaturated/α-hetero) is 1. The smallest absolute Gasteiger partial charge is 0.192 e. The molecule has 1 aromatic rings. The summed E-state index contributed by atoms with van der Waals surface area (Å²) >= 11 is 2.17. The highest BCUT2D eigenvalue weighted by Gasteiger charge is 2.48. The normalized spacial score (nSPS) is 27.1. The van der Waals surface area contributed by atoms with Crippen molar-refractivity contribution in [2.75, 3.05) is 0 Å². The predicted molar refractivity (Wildman–Crippen MR) is 116 cm³/mol. The fourth-order valence-corrected chi connectivity index (χ4v) is 6.41. The van der Waals surface area contributed by atoms with Gasteiger partial charge in [0.05, 0.1) is 11.3 Å². The molecular weight excluding hydrogens is 475 g/mol. The van der Waals surface area contributed by atoms with Crippen LogP contribution in [-0.4, -0.2) is 30.4 Å².